The number of rotatable bonds is 2. The molecule has 0 aromatic carbocycles. The van der Waals surface area contributed by atoms with Crippen molar-refractivity contribution in [2.75, 3.05) is 5.73 Å². The predicted molar refractivity (Wildman–Crippen MR) is 58.3 cm³/mol. The van der Waals surface area contributed by atoms with E-state index in [2.05, 4.69) is 24.0 Å². The molecule has 0 fully saturated rings. The minimum atomic E-state index is -0.279. The largest absolute Gasteiger partial charge is 0.396 e. The average molecular weight is 205 g/mol. The van der Waals surface area contributed by atoms with Crippen LogP contribution in [0.4, 0.5) is 5.69 Å². The Hall–Kier alpha value is -1.78. The van der Waals surface area contributed by atoms with E-state index in [1.807, 2.05) is 30.2 Å². The first-order valence-corrected chi connectivity index (χ1v) is 4.81. The van der Waals surface area contributed by atoms with Crippen molar-refractivity contribution in [3.8, 4) is 0 Å². The molecule has 2 heterocycles. The number of nitrogens with zero attached hydrogens (tertiary/aromatic N) is 4. The molecule has 2 rings (SSSR count). The van der Waals surface area contributed by atoms with E-state index in [1.165, 1.54) is 0 Å². The molecule has 2 N–H and O–H groups in total. The molecule has 0 aliphatic rings. The van der Waals surface area contributed by atoms with Gasteiger partial charge in [-0.15, -0.1) is 0 Å². The lowest BCUT2D eigenvalue weighted by Crippen LogP contribution is -2.28. The molecule has 0 saturated carbocycles. The first-order valence-electron chi connectivity index (χ1n) is 4.81. The lowest BCUT2D eigenvalue weighted by Gasteiger charge is -2.22. The van der Waals surface area contributed by atoms with Gasteiger partial charge in [0.2, 0.25) is 0 Å². The highest BCUT2D eigenvalue weighted by atomic mass is 15.3. The Kier molecular flexibility index (Phi) is 2.03. The third-order valence-corrected chi connectivity index (χ3v) is 2.52. The van der Waals surface area contributed by atoms with Gasteiger partial charge < -0.3 is 5.73 Å². The summed E-state index contributed by atoms with van der Waals surface area (Å²) in [6, 6.07) is 1.98. The summed E-state index contributed by atoms with van der Waals surface area (Å²) in [6.07, 6.45) is 5.38. The second kappa shape index (κ2) is 3.12. The molecule has 80 valence electrons. The lowest BCUT2D eigenvalue weighted by atomic mass is 10.0. The monoisotopic (exact) mass is 205 g/mol. The Morgan fingerprint density at radius 2 is 2.13 bits per heavy atom. The van der Waals surface area contributed by atoms with Crippen LogP contribution in [-0.2, 0) is 12.6 Å². The third-order valence-electron chi connectivity index (χ3n) is 2.52. The van der Waals surface area contributed by atoms with Crippen LogP contribution in [0.15, 0.2) is 24.7 Å². The summed E-state index contributed by atoms with van der Waals surface area (Å²) < 4.78 is 3.61. The molecule has 2 aromatic rings. The van der Waals surface area contributed by atoms with E-state index in [1.54, 1.807) is 10.9 Å². The van der Waals surface area contributed by atoms with E-state index in [0.717, 1.165) is 5.69 Å². The first kappa shape index (κ1) is 9.76. The van der Waals surface area contributed by atoms with Crippen molar-refractivity contribution < 1.29 is 0 Å². The summed E-state index contributed by atoms with van der Waals surface area (Å²) in [5.41, 5.74) is 7.00. The van der Waals surface area contributed by atoms with Gasteiger partial charge in [-0.3, -0.25) is 9.36 Å². The van der Waals surface area contributed by atoms with Crippen molar-refractivity contribution in [1.82, 2.24) is 19.6 Å². The third kappa shape index (κ3) is 1.60. The van der Waals surface area contributed by atoms with Gasteiger partial charge in [0.05, 0.1) is 17.6 Å². The maximum atomic E-state index is 5.65. The maximum absolute atomic E-state index is 5.65. The Morgan fingerprint density at radius 3 is 2.60 bits per heavy atom. The van der Waals surface area contributed by atoms with Gasteiger partial charge in [0.15, 0.2) is 0 Å². The maximum Gasteiger partial charge on any atom is 0.101 e. The first-order chi connectivity index (χ1) is 7.00. The van der Waals surface area contributed by atoms with Crippen LogP contribution in [0.3, 0.4) is 0 Å². The SMILES string of the molecule is Cn1ccc(C(C)(C)n2cc(N)cn2)n1. The minimum absolute atomic E-state index is 0.279. The summed E-state index contributed by atoms with van der Waals surface area (Å²) in [5.74, 6) is 0. The number of hydrogen-bond acceptors (Lipinski definition) is 3. The van der Waals surface area contributed by atoms with Crippen LogP contribution >= 0.6 is 0 Å². The highest BCUT2D eigenvalue weighted by molar-refractivity contribution is 5.32. The van der Waals surface area contributed by atoms with Crippen LogP contribution in [0.5, 0.6) is 0 Å². The summed E-state index contributed by atoms with van der Waals surface area (Å²) in [6.45, 7) is 4.11. The fourth-order valence-electron chi connectivity index (χ4n) is 1.50. The fourth-order valence-corrected chi connectivity index (χ4v) is 1.50. The molecule has 0 atom stereocenters. The molecular weight excluding hydrogens is 190 g/mol. The van der Waals surface area contributed by atoms with Crippen molar-refractivity contribution in [1.29, 1.82) is 0 Å². The number of nitrogen functional groups attached to an aromatic ring is 1. The van der Waals surface area contributed by atoms with E-state index in [4.69, 9.17) is 5.73 Å². The molecule has 0 bridgehead atoms. The zero-order valence-corrected chi connectivity index (χ0v) is 9.18. The second-order valence-electron chi connectivity index (χ2n) is 4.15. The van der Waals surface area contributed by atoms with Gasteiger partial charge in [0.1, 0.15) is 5.54 Å². The quantitative estimate of drug-likeness (QED) is 0.795. The van der Waals surface area contributed by atoms with Crippen molar-refractivity contribution in [3.05, 3.63) is 30.4 Å². The number of nitrogens with two attached hydrogens (primary N) is 1. The Bertz CT molecular complexity index is 423. The van der Waals surface area contributed by atoms with E-state index in [-0.39, 0.29) is 5.54 Å². The van der Waals surface area contributed by atoms with Crippen LogP contribution in [-0.4, -0.2) is 19.6 Å². The molecule has 5 nitrogen and oxygen atoms in total. The van der Waals surface area contributed by atoms with Crippen molar-refractivity contribution >= 4 is 5.69 Å². The molecule has 0 saturated heterocycles. The molecule has 15 heavy (non-hydrogen) atoms. The highest BCUT2D eigenvalue weighted by Crippen LogP contribution is 2.23. The Labute approximate surface area is 88.5 Å². The van der Waals surface area contributed by atoms with Crippen molar-refractivity contribution in [2.45, 2.75) is 19.4 Å². The van der Waals surface area contributed by atoms with Gasteiger partial charge in [-0.25, -0.2) is 0 Å². The number of aromatic nitrogens is 4. The Balaban J connectivity index is 2.42. The molecule has 0 aliphatic carbocycles. The topological polar surface area (TPSA) is 61.7 Å². The van der Waals surface area contributed by atoms with E-state index < -0.39 is 0 Å². The van der Waals surface area contributed by atoms with Crippen LogP contribution < -0.4 is 5.73 Å². The number of hydrogen-bond donors (Lipinski definition) is 1. The van der Waals surface area contributed by atoms with Gasteiger partial charge >= 0.3 is 0 Å². The standard InChI is InChI=1S/C10H15N5/c1-10(2,9-4-5-14(3)13-9)15-7-8(11)6-12-15/h4-7H,11H2,1-3H3. The predicted octanol–water partition coefficient (Wildman–Crippen LogP) is 0.982. The highest BCUT2D eigenvalue weighted by Gasteiger charge is 2.26. The molecule has 5 heteroatoms. The molecule has 2 aromatic heterocycles. The number of anilines is 1. The van der Waals surface area contributed by atoms with E-state index >= 15 is 0 Å². The average Bonchev–Trinajstić information content (AvgIpc) is 2.74. The van der Waals surface area contributed by atoms with Gasteiger partial charge in [-0.2, -0.15) is 10.2 Å². The molecule has 0 amide bonds. The van der Waals surface area contributed by atoms with Crippen LogP contribution in [0.1, 0.15) is 19.5 Å². The van der Waals surface area contributed by atoms with Crippen molar-refractivity contribution in [3.63, 3.8) is 0 Å². The minimum Gasteiger partial charge on any atom is -0.396 e. The smallest absolute Gasteiger partial charge is 0.101 e. The summed E-state index contributed by atoms with van der Waals surface area (Å²) in [7, 11) is 1.90. The fraction of sp³-hybridized carbons (Fsp3) is 0.400. The molecule has 0 spiro atoms. The van der Waals surface area contributed by atoms with Gasteiger partial charge in [0, 0.05) is 19.4 Å². The molecule has 0 aliphatic heterocycles. The van der Waals surface area contributed by atoms with Gasteiger partial charge in [-0.1, -0.05) is 0 Å². The van der Waals surface area contributed by atoms with Gasteiger partial charge in [0.25, 0.3) is 0 Å². The summed E-state index contributed by atoms with van der Waals surface area (Å²) in [5, 5.41) is 8.60. The Morgan fingerprint density at radius 1 is 1.40 bits per heavy atom. The van der Waals surface area contributed by atoms with Crippen LogP contribution in [0.2, 0.25) is 0 Å². The zero-order valence-electron chi connectivity index (χ0n) is 9.18. The van der Waals surface area contributed by atoms with Crippen LogP contribution in [0, 0.1) is 0 Å². The van der Waals surface area contributed by atoms with Gasteiger partial charge in [-0.05, 0) is 19.9 Å². The zero-order chi connectivity index (χ0) is 11.1. The number of aryl methyl sites for hydroxylation is 1. The van der Waals surface area contributed by atoms with Crippen molar-refractivity contribution in [2.24, 2.45) is 7.05 Å². The van der Waals surface area contributed by atoms with E-state index in [9.17, 15) is 0 Å². The normalized spacial score (nSPS) is 11.9. The summed E-state index contributed by atoms with van der Waals surface area (Å²) in [4.78, 5) is 0. The molecule has 0 radical (unpaired) electrons. The lowest BCUT2D eigenvalue weighted by molar-refractivity contribution is 0.376. The molecular formula is C10H15N5. The molecule has 0 unspecified atom stereocenters. The van der Waals surface area contributed by atoms with E-state index in [0.29, 0.717) is 5.69 Å². The second-order valence-corrected chi connectivity index (χ2v) is 4.15. The van der Waals surface area contributed by atoms with Crippen LogP contribution in [0.25, 0.3) is 0 Å². The summed E-state index contributed by atoms with van der Waals surface area (Å²) >= 11 is 0.